The fourth-order valence-corrected chi connectivity index (χ4v) is 3.00. The molecule has 3 rings (SSSR count). The Morgan fingerprint density at radius 1 is 1.06 bits per heavy atom. The summed E-state index contributed by atoms with van der Waals surface area (Å²) in [5, 5.41) is 8.72. The van der Waals surface area contributed by atoms with Crippen molar-refractivity contribution >= 4 is 0 Å². The van der Waals surface area contributed by atoms with Gasteiger partial charge in [-0.25, -0.2) is 0 Å². The molecule has 0 radical (unpaired) electrons. The second kappa shape index (κ2) is 4.38. The van der Waals surface area contributed by atoms with Crippen LogP contribution < -0.4 is 5.73 Å². The molecule has 2 N–H and O–H groups in total. The van der Waals surface area contributed by atoms with Crippen LogP contribution in [0, 0.1) is 0 Å². The van der Waals surface area contributed by atoms with Crippen molar-refractivity contribution in [3.05, 3.63) is 11.6 Å². The Bertz CT molecular complexity index is 392. The maximum Gasteiger partial charge on any atom is 0.149 e. The van der Waals surface area contributed by atoms with Gasteiger partial charge in [-0.1, -0.05) is 0 Å². The highest BCUT2D eigenvalue weighted by atomic mass is 15.3. The number of likely N-dealkylation sites (tertiary alicyclic amines) is 1. The molecule has 1 saturated heterocycles. The van der Waals surface area contributed by atoms with Crippen molar-refractivity contribution in [2.24, 2.45) is 5.73 Å². The van der Waals surface area contributed by atoms with E-state index in [1.165, 1.54) is 31.8 Å². The summed E-state index contributed by atoms with van der Waals surface area (Å²) in [5.74, 6) is 2.77. The van der Waals surface area contributed by atoms with Gasteiger partial charge in [0.2, 0.25) is 0 Å². The minimum Gasteiger partial charge on any atom is -0.321 e. The smallest absolute Gasteiger partial charge is 0.149 e. The predicted molar refractivity (Wildman–Crippen MR) is 65.7 cm³/mol. The summed E-state index contributed by atoms with van der Waals surface area (Å²) in [4.78, 5) is 2.38. The third-order valence-electron chi connectivity index (χ3n) is 4.12. The van der Waals surface area contributed by atoms with Crippen LogP contribution in [0.15, 0.2) is 0 Å². The second-order valence-corrected chi connectivity index (χ2v) is 5.39. The molecule has 0 aromatic carbocycles. The largest absolute Gasteiger partial charge is 0.321 e. The highest BCUT2D eigenvalue weighted by Crippen LogP contribution is 2.30. The Morgan fingerprint density at radius 3 is 2.53 bits per heavy atom. The molecule has 1 aromatic rings. The molecule has 0 aliphatic carbocycles. The molecule has 5 heteroatoms. The molecule has 3 heterocycles. The number of nitrogens with two attached hydrogens (primary N) is 1. The van der Waals surface area contributed by atoms with Crippen LogP contribution in [0.3, 0.4) is 0 Å². The van der Waals surface area contributed by atoms with Gasteiger partial charge in [0, 0.05) is 12.5 Å². The van der Waals surface area contributed by atoms with Crippen LogP contribution in [-0.4, -0.2) is 39.8 Å². The lowest BCUT2D eigenvalue weighted by atomic mass is 9.95. The minimum atomic E-state index is 0.0938. The van der Waals surface area contributed by atoms with Crippen LogP contribution in [0.25, 0.3) is 0 Å². The Kier molecular flexibility index (Phi) is 2.88. The van der Waals surface area contributed by atoms with E-state index in [1.54, 1.807) is 0 Å². The standard InChI is InChI=1S/C12H21N5/c1-16-7-4-9(5-8-16)11-14-15-12-10(13)3-2-6-17(11)12/h9-10H,2-8,13H2,1H3. The summed E-state index contributed by atoms with van der Waals surface area (Å²) in [6, 6.07) is 0.0938. The van der Waals surface area contributed by atoms with Crippen LogP contribution in [0.2, 0.25) is 0 Å². The molecule has 2 aliphatic rings. The quantitative estimate of drug-likeness (QED) is 0.785. The van der Waals surface area contributed by atoms with Gasteiger partial charge < -0.3 is 15.2 Å². The van der Waals surface area contributed by atoms with E-state index in [2.05, 4.69) is 26.7 Å². The first-order chi connectivity index (χ1) is 8.25. The number of aromatic nitrogens is 3. The first kappa shape index (κ1) is 11.2. The summed E-state index contributed by atoms with van der Waals surface area (Å²) in [7, 11) is 2.19. The third kappa shape index (κ3) is 1.98. The predicted octanol–water partition coefficient (Wildman–Crippen LogP) is 0.881. The molecule has 1 aromatic heterocycles. The number of hydrogen-bond donors (Lipinski definition) is 1. The van der Waals surface area contributed by atoms with Crippen molar-refractivity contribution < 1.29 is 0 Å². The summed E-state index contributed by atoms with van der Waals surface area (Å²) in [6.45, 7) is 3.38. The van der Waals surface area contributed by atoms with Crippen molar-refractivity contribution in [3.8, 4) is 0 Å². The van der Waals surface area contributed by atoms with Crippen LogP contribution >= 0.6 is 0 Å². The minimum absolute atomic E-state index is 0.0938. The van der Waals surface area contributed by atoms with Gasteiger partial charge in [-0.05, 0) is 45.8 Å². The fraction of sp³-hybridized carbons (Fsp3) is 0.833. The lowest BCUT2D eigenvalue weighted by molar-refractivity contribution is 0.247. The van der Waals surface area contributed by atoms with E-state index in [9.17, 15) is 0 Å². The monoisotopic (exact) mass is 235 g/mol. The van der Waals surface area contributed by atoms with E-state index < -0.39 is 0 Å². The van der Waals surface area contributed by atoms with Crippen LogP contribution in [-0.2, 0) is 6.54 Å². The van der Waals surface area contributed by atoms with Gasteiger partial charge in [-0.2, -0.15) is 0 Å². The molecule has 1 fully saturated rings. The van der Waals surface area contributed by atoms with Crippen LogP contribution in [0.5, 0.6) is 0 Å². The average molecular weight is 235 g/mol. The zero-order valence-electron chi connectivity index (χ0n) is 10.5. The van der Waals surface area contributed by atoms with Gasteiger partial charge in [-0.15, -0.1) is 10.2 Å². The zero-order chi connectivity index (χ0) is 11.8. The molecular weight excluding hydrogens is 214 g/mol. The first-order valence-electron chi connectivity index (χ1n) is 6.63. The molecule has 1 atom stereocenters. The maximum absolute atomic E-state index is 6.08. The van der Waals surface area contributed by atoms with Gasteiger partial charge in [0.05, 0.1) is 6.04 Å². The zero-order valence-corrected chi connectivity index (χ0v) is 10.5. The van der Waals surface area contributed by atoms with E-state index in [1.807, 2.05) is 0 Å². The van der Waals surface area contributed by atoms with Gasteiger partial charge in [-0.3, -0.25) is 0 Å². The highest BCUT2D eigenvalue weighted by molar-refractivity contribution is 5.08. The van der Waals surface area contributed by atoms with E-state index >= 15 is 0 Å². The molecule has 0 bridgehead atoms. The Morgan fingerprint density at radius 2 is 1.76 bits per heavy atom. The van der Waals surface area contributed by atoms with Crippen molar-refractivity contribution in [3.63, 3.8) is 0 Å². The molecule has 17 heavy (non-hydrogen) atoms. The second-order valence-electron chi connectivity index (χ2n) is 5.39. The van der Waals surface area contributed by atoms with Crippen LogP contribution in [0.1, 0.15) is 49.3 Å². The Balaban J connectivity index is 1.84. The van der Waals surface area contributed by atoms with Crippen molar-refractivity contribution in [1.29, 1.82) is 0 Å². The highest BCUT2D eigenvalue weighted by Gasteiger charge is 2.28. The summed E-state index contributed by atoms with van der Waals surface area (Å²) < 4.78 is 2.28. The summed E-state index contributed by atoms with van der Waals surface area (Å²) in [5.41, 5.74) is 6.08. The SMILES string of the molecule is CN1CCC(c2nnc3n2CCCC3N)CC1. The number of fused-ring (bicyclic) bond motifs is 1. The topological polar surface area (TPSA) is 60.0 Å². The van der Waals surface area contributed by atoms with Crippen molar-refractivity contribution in [1.82, 2.24) is 19.7 Å². The van der Waals surface area contributed by atoms with Gasteiger partial charge >= 0.3 is 0 Å². The molecule has 0 saturated carbocycles. The number of hydrogen-bond acceptors (Lipinski definition) is 4. The van der Waals surface area contributed by atoms with E-state index in [-0.39, 0.29) is 6.04 Å². The summed E-state index contributed by atoms with van der Waals surface area (Å²) >= 11 is 0. The van der Waals surface area contributed by atoms with Crippen LogP contribution in [0.4, 0.5) is 0 Å². The maximum atomic E-state index is 6.08. The molecular formula is C12H21N5. The average Bonchev–Trinajstić information content (AvgIpc) is 2.75. The molecule has 94 valence electrons. The van der Waals surface area contributed by atoms with Crippen molar-refractivity contribution in [2.75, 3.05) is 20.1 Å². The lowest BCUT2D eigenvalue weighted by Gasteiger charge is -2.29. The fourth-order valence-electron chi connectivity index (χ4n) is 3.00. The number of piperidine rings is 1. The number of nitrogens with zero attached hydrogens (tertiary/aromatic N) is 4. The molecule has 2 aliphatic heterocycles. The molecule has 5 nitrogen and oxygen atoms in total. The van der Waals surface area contributed by atoms with E-state index in [4.69, 9.17) is 5.73 Å². The first-order valence-corrected chi connectivity index (χ1v) is 6.63. The van der Waals surface area contributed by atoms with Crippen molar-refractivity contribution in [2.45, 2.75) is 44.2 Å². The molecule has 0 spiro atoms. The Labute approximate surface area is 102 Å². The normalized spacial score (nSPS) is 27.1. The van der Waals surface area contributed by atoms with Gasteiger partial charge in [0.25, 0.3) is 0 Å². The van der Waals surface area contributed by atoms with E-state index in [0.717, 1.165) is 25.2 Å². The van der Waals surface area contributed by atoms with E-state index in [0.29, 0.717) is 5.92 Å². The lowest BCUT2D eigenvalue weighted by Crippen LogP contribution is -2.31. The van der Waals surface area contributed by atoms with Gasteiger partial charge in [0.15, 0.2) is 0 Å². The molecule has 1 unspecified atom stereocenters. The number of rotatable bonds is 1. The third-order valence-corrected chi connectivity index (χ3v) is 4.12. The Hall–Kier alpha value is -0.940. The molecule has 0 amide bonds. The summed E-state index contributed by atoms with van der Waals surface area (Å²) in [6.07, 6.45) is 4.60. The van der Waals surface area contributed by atoms with Gasteiger partial charge in [0.1, 0.15) is 11.6 Å².